The van der Waals surface area contributed by atoms with Crippen LogP contribution in [0.2, 0.25) is 0 Å². The largest absolute Gasteiger partial charge is 0.496 e. The third kappa shape index (κ3) is 3.71. The topological polar surface area (TPSA) is 60.4 Å². The number of carbonyl (C=O) groups excluding carboxylic acids is 1. The van der Waals surface area contributed by atoms with E-state index in [2.05, 4.69) is 15.9 Å². The molecule has 0 atom stereocenters. The van der Waals surface area contributed by atoms with Crippen LogP contribution in [0.15, 0.2) is 57.9 Å². The fourth-order valence-corrected chi connectivity index (χ4v) is 3.33. The molecule has 2 aromatic rings. The molecule has 0 heterocycles. The van der Waals surface area contributed by atoms with Crippen LogP contribution in [0, 0.1) is 0 Å². The zero-order valence-corrected chi connectivity index (χ0v) is 13.6. The third-order valence-electron chi connectivity index (χ3n) is 2.90. The number of Topliss-reactive ketones (excluding diaryl/α,β-unsaturated/α-hetero) is 1. The highest BCUT2D eigenvalue weighted by molar-refractivity contribution is 9.10. The first kappa shape index (κ1) is 15.7. The Kier molecular flexibility index (Phi) is 4.80. The van der Waals surface area contributed by atoms with Crippen LogP contribution in [0.3, 0.4) is 0 Å². The lowest BCUT2D eigenvalue weighted by Gasteiger charge is -2.08. The average molecular weight is 369 g/mol. The first-order valence-corrected chi connectivity index (χ1v) is 8.53. The molecule has 0 amide bonds. The standard InChI is InChI=1S/C15H13BrO4S/c1-20-15-5-3-2-4-13(15)14(17)10-21(18,19)12-8-6-11(16)7-9-12/h2-9H,10H2,1H3. The molecule has 0 N–H and O–H groups in total. The van der Waals surface area contributed by atoms with Crippen molar-refractivity contribution in [1.29, 1.82) is 0 Å². The van der Waals surface area contributed by atoms with Crippen LogP contribution in [0.5, 0.6) is 5.75 Å². The Morgan fingerprint density at radius 2 is 1.71 bits per heavy atom. The van der Waals surface area contributed by atoms with E-state index in [0.717, 1.165) is 4.47 Å². The fourth-order valence-electron chi connectivity index (χ4n) is 1.85. The Labute approximate surface area is 131 Å². The van der Waals surface area contributed by atoms with E-state index >= 15 is 0 Å². The summed E-state index contributed by atoms with van der Waals surface area (Å²) in [6.07, 6.45) is 0. The molecule has 0 fully saturated rings. The third-order valence-corrected chi connectivity index (χ3v) is 5.06. The predicted molar refractivity (Wildman–Crippen MR) is 83.5 cm³/mol. The number of para-hydroxylation sites is 1. The Bertz CT molecular complexity index is 751. The van der Waals surface area contributed by atoms with Crippen molar-refractivity contribution in [1.82, 2.24) is 0 Å². The molecule has 2 rings (SSSR count). The number of ketones is 1. The van der Waals surface area contributed by atoms with E-state index in [-0.39, 0.29) is 10.5 Å². The van der Waals surface area contributed by atoms with Gasteiger partial charge in [0.05, 0.1) is 17.6 Å². The predicted octanol–water partition coefficient (Wildman–Crippen LogP) is 3.11. The van der Waals surface area contributed by atoms with E-state index in [1.54, 1.807) is 36.4 Å². The summed E-state index contributed by atoms with van der Waals surface area (Å²) in [6.45, 7) is 0. The van der Waals surface area contributed by atoms with E-state index in [4.69, 9.17) is 4.74 Å². The van der Waals surface area contributed by atoms with Crippen molar-refractivity contribution >= 4 is 31.6 Å². The first-order valence-electron chi connectivity index (χ1n) is 6.08. The van der Waals surface area contributed by atoms with E-state index in [1.807, 2.05) is 0 Å². The van der Waals surface area contributed by atoms with Gasteiger partial charge in [-0.2, -0.15) is 0 Å². The summed E-state index contributed by atoms with van der Waals surface area (Å²) in [7, 11) is -2.24. The van der Waals surface area contributed by atoms with E-state index < -0.39 is 21.4 Å². The number of halogens is 1. The molecular formula is C15H13BrO4S. The molecule has 0 spiro atoms. The number of sulfone groups is 1. The maximum Gasteiger partial charge on any atom is 0.185 e. The molecule has 6 heteroatoms. The zero-order valence-electron chi connectivity index (χ0n) is 11.2. The zero-order chi connectivity index (χ0) is 15.5. The van der Waals surface area contributed by atoms with Gasteiger partial charge in [-0.25, -0.2) is 8.42 Å². The molecule has 0 aromatic heterocycles. The van der Waals surface area contributed by atoms with Crippen molar-refractivity contribution in [2.24, 2.45) is 0 Å². The number of methoxy groups -OCH3 is 1. The lowest BCUT2D eigenvalue weighted by Crippen LogP contribution is -2.17. The summed E-state index contributed by atoms with van der Waals surface area (Å²) in [5.41, 5.74) is 0.265. The van der Waals surface area contributed by atoms with Crippen LogP contribution in [0.4, 0.5) is 0 Å². The number of hydrogen-bond donors (Lipinski definition) is 0. The molecule has 0 aliphatic rings. The number of benzene rings is 2. The van der Waals surface area contributed by atoms with E-state index in [9.17, 15) is 13.2 Å². The van der Waals surface area contributed by atoms with Crippen LogP contribution >= 0.6 is 15.9 Å². The SMILES string of the molecule is COc1ccccc1C(=O)CS(=O)(=O)c1ccc(Br)cc1. The van der Waals surface area contributed by atoms with Crippen molar-refractivity contribution in [3.63, 3.8) is 0 Å². The number of hydrogen-bond acceptors (Lipinski definition) is 4. The van der Waals surface area contributed by atoms with Crippen LogP contribution < -0.4 is 4.74 Å². The summed E-state index contributed by atoms with van der Waals surface area (Å²) in [5, 5.41) is 0. The molecular weight excluding hydrogens is 356 g/mol. The van der Waals surface area contributed by atoms with Gasteiger partial charge in [0.1, 0.15) is 11.5 Å². The molecule has 4 nitrogen and oxygen atoms in total. The monoisotopic (exact) mass is 368 g/mol. The average Bonchev–Trinajstić information content (AvgIpc) is 2.47. The summed E-state index contributed by atoms with van der Waals surface area (Å²) in [5.74, 6) is -0.710. The molecule has 0 aliphatic heterocycles. The maximum absolute atomic E-state index is 12.2. The van der Waals surface area contributed by atoms with Gasteiger partial charge in [0.2, 0.25) is 0 Å². The van der Waals surface area contributed by atoms with Crippen LogP contribution in [0.25, 0.3) is 0 Å². The lowest BCUT2D eigenvalue weighted by atomic mass is 10.1. The number of rotatable bonds is 5. The molecule has 21 heavy (non-hydrogen) atoms. The highest BCUT2D eigenvalue weighted by atomic mass is 79.9. The Morgan fingerprint density at radius 1 is 1.10 bits per heavy atom. The molecule has 0 radical (unpaired) electrons. The smallest absolute Gasteiger partial charge is 0.185 e. The van der Waals surface area contributed by atoms with Gasteiger partial charge in [-0.1, -0.05) is 28.1 Å². The van der Waals surface area contributed by atoms with Gasteiger partial charge in [0.25, 0.3) is 0 Å². The molecule has 0 unspecified atom stereocenters. The minimum atomic E-state index is -3.68. The van der Waals surface area contributed by atoms with Gasteiger partial charge < -0.3 is 4.74 Å². The van der Waals surface area contributed by atoms with E-state index in [1.165, 1.54) is 19.2 Å². The van der Waals surface area contributed by atoms with E-state index in [0.29, 0.717) is 5.75 Å². The van der Waals surface area contributed by atoms with Gasteiger partial charge >= 0.3 is 0 Å². The normalized spacial score (nSPS) is 11.1. The second kappa shape index (κ2) is 6.41. The molecule has 0 bridgehead atoms. The minimum Gasteiger partial charge on any atom is -0.496 e. The Balaban J connectivity index is 2.28. The van der Waals surface area contributed by atoms with Crippen LogP contribution in [-0.4, -0.2) is 27.1 Å². The molecule has 0 aliphatic carbocycles. The molecule has 0 saturated heterocycles. The van der Waals surface area contributed by atoms with Gasteiger partial charge in [-0.3, -0.25) is 4.79 Å². The molecule has 0 saturated carbocycles. The van der Waals surface area contributed by atoms with Crippen molar-refractivity contribution in [2.45, 2.75) is 4.90 Å². The highest BCUT2D eigenvalue weighted by Crippen LogP contribution is 2.21. The van der Waals surface area contributed by atoms with Gasteiger partial charge in [0.15, 0.2) is 15.6 Å². The minimum absolute atomic E-state index is 0.119. The van der Waals surface area contributed by atoms with Crippen molar-refractivity contribution in [2.75, 3.05) is 12.9 Å². The van der Waals surface area contributed by atoms with Crippen molar-refractivity contribution in [3.05, 3.63) is 58.6 Å². The van der Waals surface area contributed by atoms with Crippen LogP contribution in [-0.2, 0) is 9.84 Å². The molecule has 110 valence electrons. The van der Waals surface area contributed by atoms with Crippen molar-refractivity contribution in [3.8, 4) is 5.75 Å². The van der Waals surface area contributed by atoms with Crippen molar-refractivity contribution < 1.29 is 17.9 Å². The second-order valence-electron chi connectivity index (χ2n) is 4.34. The summed E-state index contributed by atoms with van der Waals surface area (Å²) in [6, 6.07) is 12.8. The second-order valence-corrected chi connectivity index (χ2v) is 7.24. The maximum atomic E-state index is 12.2. The Morgan fingerprint density at radius 3 is 2.33 bits per heavy atom. The van der Waals surface area contributed by atoms with Gasteiger partial charge in [-0.05, 0) is 36.4 Å². The summed E-state index contributed by atoms with van der Waals surface area (Å²) < 4.78 is 30.4. The van der Waals surface area contributed by atoms with Gasteiger partial charge in [-0.15, -0.1) is 0 Å². The Hall–Kier alpha value is -1.66. The number of ether oxygens (including phenoxy) is 1. The quantitative estimate of drug-likeness (QED) is 0.760. The lowest BCUT2D eigenvalue weighted by molar-refractivity contribution is 0.101. The highest BCUT2D eigenvalue weighted by Gasteiger charge is 2.22. The fraction of sp³-hybridized carbons (Fsp3) is 0.133. The first-order chi connectivity index (χ1) is 9.94. The van der Waals surface area contributed by atoms with Crippen LogP contribution in [0.1, 0.15) is 10.4 Å². The number of carbonyl (C=O) groups is 1. The molecule has 2 aromatic carbocycles. The van der Waals surface area contributed by atoms with Gasteiger partial charge in [0, 0.05) is 4.47 Å². The summed E-state index contributed by atoms with van der Waals surface area (Å²) >= 11 is 3.24. The summed E-state index contributed by atoms with van der Waals surface area (Å²) in [4.78, 5) is 12.3.